The Balaban J connectivity index is 2.12. The van der Waals surface area contributed by atoms with E-state index in [0.29, 0.717) is 17.1 Å². The molecule has 1 aliphatic rings. The van der Waals surface area contributed by atoms with Gasteiger partial charge in [0.15, 0.2) is 0 Å². The second kappa shape index (κ2) is 7.31. The summed E-state index contributed by atoms with van der Waals surface area (Å²) in [5.41, 5.74) is 0.513. The lowest BCUT2D eigenvalue weighted by Crippen LogP contribution is -2.46. The van der Waals surface area contributed by atoms with Crippen LogP contribution in [0.25, 0.3) is 0 Å². The van der Waals surface area contributed by atoms with Crippen LogP contribution in [-0.2, 0) is 4.74 Å². The quantitative estimate of drug-likeness (QED) is 0.905. The van der Waals surface area contributed by atoms with Gasteiger partial charge in [0.25, 0.3) is 5.91 Å². The van der Waals surface area contributed by atoms with Crippen molar-refractivity contribution in [2.45, 2.75) is 37.8 Å². The number of rotatable bonds is 5. The van der Waals surface area contributed by atoms with Gasteiger partial charge in [-0.1, -0.05) is 12.8 Å². The first-order chi connectivity index (χ1) is 10.2. The molecular weight excluding hydrogens is 270 g/mol. The van der Waals surface area contributed by atoms with Gasteiger partial charge in [-0.05, 0) is 25.0 Å². The number of hydrogen-bond acceptors (Lipinski definition) is 4. The SMILES string of the molecule is COc1ccc(C(=O)N[C@H]2CCCC[C@@H]2OC)c(OC)c1. The highest BCUT2D eigenvalue weighted by Crippen LogP contribution is 2.26. The van der Waals surface area contributed by atoms with E-state index in [9.17, 15) is 4.79 Å². The van der Waals surface area contributed by atoms with E-state index in [0.717, 1.165) is 25.7 Å². The van der Waals surface area contributed by atoms with Gasteiger partial charge in [0.2, 0.25) is 0 Å². The Hall–Kier alpha value is -1.75. The molecule has 0 unspecified atom stereocenters. The summed E-state index contributed by atoms with van der Waals surface area (Å²) in [5, 5.41) is 3.06. The van der Waals surface area contributed by atoms with Crippen molar-refractivity contribution in [3.05, 3.63) is 23.8 Å². The number of hydrogen-bond donors (Lipinski definition) is 1. The molecule has 0 radical (unpaired) electrons. The van der Waals surface area contributed by atoms with Crippen LogP contribution >= 0.6 is 0 Å². The van der Waals surface area contributed by atoms with Crippen molar-refractivity contribution in [2.24, 2.45) is 0 Å². The van der Waals surface area contributed by atoms with E-state index in [1.165, 1.54) is 0 Å². The third-order valence-electron chi connectivity index (χ3n) is 3.98. The normalized spacial score (nSPS) is 21.7. The van der Waals surface area contributed by atoms with Gasteiger partial charge in [-0.2, -0.15) is 0 Å². The summed E-state index contributed by atoms with van der Waals surface area (Å²) in [6.45, 7) is 0. The zero-order valence-corrected chi connectivity index (χ0v) is 12.8. The molecule has 0 saturated heterocycles. The zero-order valence-electron chi connectivity index (χ0n) is 12.8. The van der Waals surface area contributed by atoms with E-state index >= 15 is 0 Å². The summed E-state index contributed by atoms with van der Waals surface area (Å²) < 4.78 is 15.9. The van der Waals surface area contributed by atoms with Gasteiger partial charge in [0.1, 0.15) is 11.5 Å². The van der Waals surface area contributed by atoms with E-state index in [4.69, 9.17) is 14.2 Å². The Labute approximate surface area is 125 Å². The number of amides is 1. The van der Waals surface area contributed by atoms with Crippen LogP contribution < -0.4 is 14.8 Å². The minimum atomic E-state index is -0.136. The summed E-state index contributed by atoms with van der Waals surface area (Å²) in [6, 6.07) is 5.25. The average molecular weight is 293 g/mol. The molecule has 1 aliphatic carbocycles. The smallest absolute Gasteiger partial charge is 0.255 e. The van der Waals surface area contributed by atoms with Crippen molar-refractivity contribution in [3.8, 4) is 11.5 Å². The molecule has 2 atom stereocenters. The molecular formula is C16H23NO4. The van der Waals surface area contributed by atoms with Crippen LogP contribution in [0.5, 0.6) is 11.5 Å². The van der Waals surface area contributed by atoms with Gasteiger partial charge < -0.3 is 19.5 Å². The molecule has 1 aromatic rings. The van der Waals surface area contributed by atoms with Crippen LogP contribution in [0.4, 0.5) is 0 Å². The van der Waals surface area contributed by atoms with Gasteiger partial charge in [0.05, 0.1) is 31.9 Å². The molecule has 1 fully saturated rings. The lowest BCUT2D eigenvalue weighted by atomic mass is 9.92. The lowest BCUT2D eigenvalue weighted by molar-refractivity contribution is 0.0392. The second-order valence-electron chi connectivity index (χ2n) is 5.20. The maximum atomic E-state index is 12.5. The van der Waals surface area contributed by atoms with E-state index in [-0.39, 0.29) is 18.1 Å². The topological polar surface area (TPSA) is 56.8 Å². The predicted octanol–water partition coefficient (Wildman–Crippen LogP) is 2.39. The number of ether oxygens (including phenoxy) is 3. The molecule has 116 valence electrons. The highest BCUT2D eigenvalue weighted by Gasteiger charge is 2.27. The van der Waals surface area contributed by atoms with E-state index < -0.39 is 0 Å². The zero-order chi connectivity index (χ0) is 15.2. The van der Waals surface area contributed by atoms with Crippen LogP contribution in [-0.4, -0.2) is 39.4 Å². The summed E-state index contributed by atoms with van der Waals surface area (Å²) in [7, 11) is 4.83. The van der Waals surface area contributed by atoms with Crippen molar-refractivity contribution in [1.29, 1.82) is 0 Å². The number of carbonyl (C=O) groups excluding carboxylic acids is 1. The van der Waals surface area contributed by atoms with Crippen LogP contribution in [0.2, 0.25) is 0 Å². The standard InChI is InChI=1S/C16H23NO4/c1-19-11-8-9-12(15(10-11)21-3)16(18)17-13-6-4-5-7-14(13)20-2/h8-10,13-14H,4-7H2,1-3H3,(H,17,18)/t13-,14-/m0/s1. The minimum Gasteiger partial charge on any atom is -0.497 e. The third-order valence-corrected chi connectivity index (χ3v) is 3.98. The molecule has 0 spiro atoms. The maximum absolute atomic E-state index is 12.5. The highest BCUT2D eigenvalue weighted by molar-refractivity contribution is 5.97. The number of nitrogens with one attached hydrogen (secondary N) is 1. The Morgan fingerprint density at radius 3 is 2.57 bits per heavy atom. The van der Waals surface area contributed by atoms with Gasteiger partial charge in [-0.25, -0.2) is 0 Å². The number of benzene rings is 1. The van der Waals surface area contributed by atoms with Crippen molar-refractivity contribution >= 4 is 5.91 Å². The molecule has 0 aromatic heterocycles. The van der Waals surface area contributed by atoms with Crippen LogP contribution in [0.3, 0.4) is 0 Å². The first-order valence-electron chi connectivity index (χ1n) is 7.25. The average Bonchev–Trinajstić information content (AvgIpc) is 2.54. The molecule has 1 aromatic carbocycles. The van der Waals surface area contributed by atoms with Crippen molar-refractivity contribution < 1.29 is 19.0 Å². The third kappa shape index (κ3) is 3.67. The molecule has 0 heterocycles. The lowest BCUT2D eigenvalue weighted by Gasteiger charge is -2.31. The molecule has 0 aliphatic heterocycles. The Bertz CT molecular complexity index is 489. The molecule has 5 nitrogen and oxygen atoms in total. The molecule has 2 rings (SSSR count). The maximum Gasteiger partial charge on any atom is 0.255 e. The van der Waals surface area contributed by atoms with Crippen molar-refractivity contribution in [1.82, 2.24) is 5.32 Å². The summed E-state index contributed by atoms with van der Waals surface area (Å²) in [6.07, 6.45) is 4.29. The first-order valence-corrected chi connectivity index (χ1v) is 7.25. The Kier molecular flexibility index (Phi) is 5.44. The molecule has 0 bridgehead atoms. The van der Waals surface area contributed by atoms with Gasteiger partial charge in [0, 0.05) is 13.2 Å². The molecule has 1 saturated carbocycles. The Morgan fingerprint density at radius 1 is 1.14 bits per heavy atom. The number of carbonyl (C=O) groups is 1. The largest absolute Gasteiger partial charge is 0.497 e. The summed E-state index contributed by atoms with van der Waals surface area (Å²) in [4.78, 5) is 12.5. The molecule has 5 heteroatoms. The number of methoxy groups -OCH3 is 3. The molecule has 1 N–H and O–H groups in total. The van der Waals surface area contributed by atoms with Crippen molar-refractivity contribution in [3.63, 3.8) is 0 Å². The molecule has 1 amide bonds. The fourth-order valence-corrected chi connectivity index (χ4v) is 2.78. The minimum absolute atomic E-state index is 0.0584. The van der Waals surface area contributed by atoms with E-state index in [1.54, 1.807) is 39.5 Å². The van der Waals surface area contributed by atoms with Crippen LogP contribution in [0, 0.1) is 0 Å². The monoisotopic (exact) mass is 293 g/mol. The van der Waals surface area contributed by atoms with Crippen LogP contribution in [0.15, 0.2) is 18.2 Å². The van der Waals surface area contributed by atoms with Gasteiger partial charge in [-0.15, -0.1) is 0 Å². The fourth-order valence-electron chi connectivity index (χ4n) is 2.78. The van der Waals surface area contributed by atoms with E-state index in [2.05, 4.69) is 5.32 Å². The first kappa shape index (κ1) is 15.6. The van der Waals surface area contributed by atoms with Crippen LogP contribution in [0.1, 0.15) is 36.0 Å². The molecule has 21 heavy (non-hydrogen) atoms. The highest BCUT2D eigenvalue weighted by atomic mass is 16.5. The Morgan fingerprint density at radius 2 is 1.90 bits per heavy atom. The van der Waals surface area contributed by atoms with E-state index in [1.807, 2.05) is 0 Å². The second-order valence-corrected chi connectivity index (χ2v) is 5.20. The fraction of sp³-hybridized carbons (Fsp3) is 0.562. The summed E-state index contributed by atoms with van der Waals surface area (Å²) in [5.74, 6) is 1.04. The summed E-state index contributed by atoms with van der Waals surface area (Å²) >= 11 is 0. The van der Waals surface area contributed by atoms with Gasteiger partial charge in [-0.3, -0.25) is 4.79 Å². The van der Waals surface area contributed by atoms with Crippen molar-refractivity contribution in [2.75, 3.05) is 21.3 Å². The van der Waals surface area contributed by atoms with Gasteiger partial charge >= 0.3 is 0 Å². The predicted molar refractivity (Wildman–Crippen MR) is 80.1 cm³/mol.